The number of rotatable bonds is 4. The normalized spacial score (nSPS) is 19.2. The van der Waals surface area contributed by atoms with Crippen LogP contribution in [0.25, 0.3) is 5.65 Å². The van der Waals surface area contributed by atoms with Crippen LogP contribution in [0.5, 0.6) is 0 Å². The van der Waals surface area contributed by atoms with Gasteiger partial charge in [-0.3, -0.25) is 4.79 Å². The number of carbonyl (C=O) groups excluding carboxylic acids is 1. The highest BCUT2D eigenvalue weighted by Gasteiger charge is 2.29. The van der Waals surface area contributed by atoms with E-state index in [0.29, 0.717) is 18.8 Å². The molecule has 1 amide bonds. The molecule has 1 saturated heterocycles. The molecule has 8 nitrogen and oxygen atoms in total. The molecule has 32 heavy (non-hydrogen) atoms. The van der Waals surface area contributed by atoms with Crippen LogP contribution in [-0.2, 0) is 24.2 Å². The summed E-state index contributed by atoms with van der Waals surface area (Å²) in [6, 6.07) is 1.99. The molecule has 1 fully saturated rings. The molecule has 3 aromatic heterocycles. The number of hydrogen-bond donors (Lipinski definition) is 0. The standard InChI is InChI=1S/C24H33N7O/c1-16-14-22-25-17(2)20(18(3)31(22)28-16)10-11-23(32)29-12-7-8-19(15-29)24-27-26-21-9-5-4-6-13-30(21)24/h14,19H,4-13,15H2,1-3H3/t19-/m0/s1. The molecule has 0 radical (unpaired) electrons. The Hall–Kier alpha value is -2.77. The zero-order valence-electron chi connectivity index (χ0n) is 19.5. The number of hydrogen-bond acceptors (Lipinski definition) is 5. The number of likely N-dealkylation sites (tertiary alicyclic amines) is 1. The minimum Gasteiger partial charge on any atom is -0.342 e. The second-order valence-electron chi connectivity index (χ2n) is 9.43. The van der Waals surface area contributed by atoms with Crippen molar-refractivity contribution in [3.05, 3.63) is 40.4 Å². The summed E-state index contributed by atoms with van der Waals surface area (Å²) in [6.45, 7) is 8.69. The van der Waals surface area contributed by atoms with E-state index < -0.39 is 0 Å². The lowest BCUT2D eigenvalue weighted by atomic mass is 9.96. The van der Waals surface area contributed by atoms with Gasteiger partial charge in [-0.15, -0.1) is 10.2 Å². The molecule has 3 aromatic rings. The fourth-order valence-electron chi connectivity index (χ4n) is 5.42. The minimum absolute atomic E-state index is 0.223. The quantitative estimate of drug-likeness (QED) is 0.628. The van der Waals surface area contributed by atoms with Gasteiger partial charge in [-0.05, 0) is 58.4 Å². The van der Waals surface area contributed by atoms with E-state index in [4.69, 9.17) is 4.98 Å². The summed E-state index contributed by atoms with van der Waals surface area (Å²) in [6.07, 6.45) is 7.98. The lowest BCUT2D eigenvalue weighted by molar-refractivity contribution is -0.132. The summed E-state index contributed by atoms with van der Waals surface area (Å²) in [4.78, 5) is 19.9. The Morgan fingerprint density at radius 2 is 1.97 bits per heavy atom. The number of nitrogens with zero attached hydrogens (tertiary/aromatic N) is 7. The lowest BCUT2D eigenvalue weighted by Crippen LogP contribution is -2.40. The van der Waals surface area contributed by atoms with Crippen LogP contribution < -0.4 is 0 Å². The van der Waals surface area contributed by atoms with Gasteiger partial charge in [0.05, 0.1) is 5.69 Å². The Kier molecular flexibility index (Phi) is 5.69. The summed E-state index contributed by atoms with van der Waals surface area (Å²) in [5, 5.41) is 13.6. The van der Waals surface area contributed by atoms with Crippen molar-refractivity contribution < 1.29 is 4.79 Å². The monoisotopic (exact) mass is 435 g/mol. The van der Waals surface area contributed by atoms with Crippen molar-refractivity contribution in [2.24, 2.45) is 0 Å². The number of aryl methyl sites for hydroxylation is 4. The zero-order valence-corrected chi connectivity index (χ0v) is 19.5. The maximum absolute atomic E-state index is 13.2. The van der Waals surface area contributed by atoms with Crippen molar-refractivity contribution in [2.75, 3.05) is 13.1 Å². The van der Waals surface area contributed by atoms with E-state index >= 15 is 0 Å². The van der Waals surface area contributed by atoms with Gasteiger partial charge in [0.1, 0.15) is 11.6 Å². The van der Waals surface area contributed by atoms with Crippen LogP contribution in [0.3, 0.4) is 0 Å². The van der Waals surface area contributed by atoms with Crippen molar-refractivity contribution in [1.82, 2.24) is 34.3 Å². The van der Waals surface area contributed by atoms with Crippen LogP contribution in [0.1, 0.15) is 78.7 Å². The van der Waals surface area contributed by atoms with E-state index in [0.717, 1.165) is 78.8 Å². The molecule has 0 aliphatic carbocycles. The van der Waals surface area contributed by atoms with Gasteiger partial charge in [0.2, 0.25) is 5.91 Å². The van der Waals surface area contributed by atoms with E-state index in [-0.39, 0.29) is 5.91 Å². The van der Waals surface area contributed by atoms with Crippen molar-refractivity contribution in [3.8, 4) is 0 Å². The van der Waals surface area contributed by atoms with Crippen molar-refractivity contribution in [1.29, 1.82) is 0 Å². The van der Waals surface area contributed by atoms with Gasteiger partial charge in [0, 0.05) is 55.8 Å². The van der Waals surface area contributed by atoms with Gasteiger partial charge in [0.15, 0.2) is 5.65 Å². The number of aromatic nitrogens is 6. The molecule has 0 saturated carbocycles. The second-order valence-corrected chi connectivity index (χ2v) is 9.43. The van der Waals surface area contributed by atoms with Crippen molar-refractivity contribution >= 4 is 11.6 Å². The summed E-state index contributed by atoms with van der Waals surface area (Å²) in [5.74, 6) is 2.74. The first kappa shape index (κ1) is 21.1. The van der Waals surface area contributed by atoms with Crippen LogP contribution >= 0.6 is 0 Å². The third-order valence-electron chi connectivity index (χ3n) is 7.15. The van der Waals surface area contributed by atoms with E-state index in [1.165, 1.54) is 19.3 Å². The first-order chi connectivity index (χ1) is 15.5. The third-order valence-corrected chi connectivity index (χ3v) is 7.15. The smallest absolute Gasteiger partial charge is 0.222 e. The van der Waals surface area contributed by atoms with Crippen LogP contribution in [0.4, 0.5) is 0 Å². The Morgan fingerprint density at radius 3 is 2.84 bits per heavy atom. The molecule has 2 aliphatic heterocycles. The highest BCUT2D eigenvalue weighted by molar-refractivity contribution is 5.76. The summed E-state index contributed by atoms with van der Waals surface area (Å²) < 4.78 is 4.24. The molecule has 170 valence electrons. The third kappa shape index (κ3) is 3.91. The van der Waals surface area contributed by atoms with Gasteiger partial charge in [-0.2, -0.15) is 5.10 Å². The molecule has 5 heterocycles. The van der Waals surface area contributed by atoms with E-state index in [1.807, 2.05) is 29.3 Å². The number of carbonyl (C=O) groups is 1. The first-order valence-electron chi connectivity index (χ1n) is 12.0. The SMILES string of the molecule is Cc1cc2nc(C)c(CCC(=O)N3CCC[C@H](c4nnc5n4CCCCC5)C3)c(C)n2n1. The van der Waals surface area contributed by atoms with Gasteiger partial charge < -0.3 is 9.47 Å². The molecule has 0 unspecified atom stereocenters. The van der Waals surface area contributed by atoms with E-state index in [2.05, 4.69) is 26.8 Å². The molecule has 2 aliphatic rings. The van der Waals surface area contributed by atoms with Gasteiger partial charge in [0.25, 0.3) is 0 Å². The van der Waals surface area contributed by atoms with Crippen molar-refractivity contribution in [3.63, 3.8) is 0 Å². The second kappa shape index (κ2) is 8.64. The maximum Gasteiger partial charge on any atom is 0.222 e. The molecule has 0 N–H and O–H groups in total. The van der Waals surface area contributed by atoms with Crippen LogP contribution in [0, 0.1) is 20.8 Å². The minimum atomic E-state index is 0.223. The zero-order chi connectivity index (χ0) is 22.2. The van der Waals surface area contributed by atoms with Gasteiger partial charge in [-0.1, -0.05) is 6.42 Å². The highest BCUT2D eigenvalue weighted by atomic mass is 16.2. The van der Waals surface area contributed by atoms with E-state index in [1.54, 1.807) is 0 Å². The Balaban J connectivity index is 1.28. The predicted octanol–water partition coefficient (Wildman–Crippen LogP) is 3.31. The highest BCUT2D eigenvalue weighted by Crippen LogP contribution is 2.28. The Morgan fingerprint density at radius 1 is 1.09 bits per heavy atom. The Labute approximate surface area is 189 Å². The van der Waals surface area contributed by atoms with Crippen molar-refractivity contribution in [2.45, 2.75) is 84.6 Å². The molecule has 8 heteroatoms. The molecule has 5 rings (SSSR count). The fourth-order valence-corrected chi connectivity index (χ4v) is 5.42. The fraction of sp³-hybridized carbons (Fsp3) is 0.625. The molecule has 1 atom stereocenters. The van der Waals surface area contributed by atoms with E-state index in [9.17, 15) is 4.79 Å². The average Bonchev–Trinajstić information content (AvgIpc) is 3.28. The lowest BCUT2D eigenvalue weighted by Gasteiger charge is -2.32. The molecule has 0 spiro atoms. The van der Waals surface area contributed by atoms with Crippen LogP contribution in [-0.4, -0.2) is 53.3 Å². The Bertz CT molecular complexity index is 1150. The molecule has 0 aromatic carbocycles. The predicted molar refractivity (Wildman–Crippen MR) is 122 cm³/mol. The number of fused-ring (bicyclic) bond motifs is 2. The summed E-state index contributed by atoms with van der Waals surface area (Å²) in [5.41, 5.74) is 5.03. The molecular weight excluding hydrogens is 402 g/mol. The first-order valence-corrected chi connectivity index (χ1v) is 12.0. The summed E-state index contributed by atoms with van der Waals surface area (Å²) in [7, 11) is 0. The van der Waals surface area contributed by atoms with Crippen LogP contribution in [0.15, 0.2) is 6.07 Å². The topological polar surface area (TPSA) is 81.2 Å². The average molecular weight is 436 g/mol. The molecule has 0 bridgehead atoms. The largest absolute Gasteiger partial charge is 0.342 e. The summed E-state index contributed by atoms with van der Waals surface area (Å²) >= 11 is 0. The molecular formula is C24H33N7O. The number of piperidine rings is 1. The van der Waals surface area contributed by atoms with Gasteiger partial charge in [-0.25, -0.2) is 9.50 Å². The number of amides is 1. The van der Waals surface area contributed by atoms with Gasteiger partial charge >= 0.3 is 0 Å². The van der Waals surface area contributed by atoms with Crippen LogP contribution in [0.2, 0.25) is 0 Å². The maximum atomic E-state index is 13.2.